The van der Waals surface area contributed by atoms with Crippen molar-refractivity contribution in [2.45, 2.75) is 13.2 Å². The SMILES string of the molecule is C=Cc1ccc(OC(C)Oc2ccccc2)c(OC)c1. The molecule has 0 fully saturated rings. The zero-order valence-corrected chi connectivity index (χ0v) is 11.7. The van der Waals surface area contributed by atoms with E-state index in [-0.39, 0.29) is 0 Å². The van der Waals surface area contributed by atoms with E-state index in [1.165, 1.54) is 0 Å². The van der Waals surface area contributed by atoms with Crippen molar-refractivity contribution in [2.75, 3.05) is 7.11 Å². The van der Waals surface area contributed by atoms with Gasteiger partial charge in [0.1, 0.15) is 5.75 Å². The predicted octanol–water partition coefficient (Wildman–Crippen LogP) is 4.14. The first kappa shape index (κ1) is 14.0. The van der Waals surface area contributed by atoms with Crippen LogP contribution in [-0.2, 0) is 0 Å². The molecule has 0 aliphatic heterocycles. The van der Waals surface area contributed by atoms with Crippen LogP contribution in [0.25, 0.3) is 6.08 Å². The second-order valence-electron chi connectivity index (χ2n) is 4.23. The number of hydrogen-bond acceptors (Lipinski definition) is 3. The van der Waals surface area contributed by atoms with Crippen molar-refractivity contribution >= 4 is 6.08 Å². The molecule has 1 atom stereocenters. The van der Waals surface area contributed by atoms with E-state index in [1.807, 2.05) is 55.5 Å². The lowest BCUT2D eigenvalue weighted by Gasteiger charge is -2.18. The first-order valence-corrected chi connectivity index (χ1v) is 6.42. The summed E-state index contributed by atoms with van der Waals surface area (Å²) in [6.45, 7) is 5.57. The van der Waals surface area contributed by atoms with Crippen LogP contribution >= 0.6 is 0 Å². The third kappa shape index (κ3) is 3.54. The second kappa shape index (κ2) is 6.66. The Hall–Kier alpha value is -2.42. The molecule has 0 heterocycles. The predicted molar refractivity (Wildman–Crippen MR) is 80.2 cm³/mol. The highest BCUT2D eigenvalue weighted by Gasteiger charge is 2.10. The molecule has 0 spiro atoms. The zero-order valence-electron chi connectivity index (χ0n) is 11.7. The maximum Gasteiger partial charge on any atom is 0.238 e. The topological polar surface area (TPSA) is 27.7 Å². The molecule has 2 rings (SSSR count). The van der Waals surface area contributed by atoms with Crippen molar-refractivity contribution in [3.63, 3.8) is 0 Å². The molecule has 0 aliphatic carbocycles. The first-order chi connectivity index (χ1) is 9.72. The maximum atomic E-state index is 5.76. The number of para-hydroxylation sites is 1. The number of ether oxygens (including phenoxy) is 3. The van der Waals surface area contributed by atoms with Gasteiger partial charge in [0.2, 0.25) is 6.29 Å². The Balaban J connectivity index is 2.07. The Labute approximate surface area is 119 Å². The van der Waals surface area contributed by atoms with Gasteiger partial charge in [0.15, 0.2) is 11.5 Å². The molecule has 0 saturated heterocycles. The van der Waals surface area contributed by atoms with Crippen LogP contribution in [0.2, 0.25) is 0 Å². The Kier molecular flexibility index (Phi) is 4.66. The smallest absolute Gasteiger partial charge is 0.238 e. The normalized spacial score (nSPS) is 11.5. The Morgan fingerprint density at radius 3 is 2.40 bits per heavy atom. The fourth-order valence-electron chi connectivity index (χ4n) is 1.80. The van der Waals surface area contributed by atoms with Gasteiger partial charge in [-0.3, -0.25) is 0 Å². The van der Waals surface area contributed by atoms with Crippen LogP contribution in [0.4, 0.5) is 0 Å². The van der Waals surface area contributed by atoms with Crippen LogP contribution in [0.5, 0.6) is 17.2 Å². The highest BCUT2D eigenvalue weighted by atomic mass is 16.7. The third-order valence-electron chi connectivity index (χ3n) is 2.76. The molecular formula is C17H18O3. The minimum absolute atomic E-state index is 0.416. The lowest BCUT2D eigenvalue weighted by molar-refractivity contribution is 0.0203. The van der Waals surface area contributed by atoms with Gasteiger partial charge in [0.25, 0.3) is 0 Å². The van der Waals surface area contributed by atoms with Crippen molar-refractivity contribution in [3.8, 4) is 17.2 Å². The van der Waals surface area contributed by atoms with Gasteiger partial charge in [-0.25, -0.2) is 0 Å². The molecule has 0 aromatic heterocycles. The molecule has 0 aliphatic rings. The summed E-state index contributed by atoms with van der Waals surface area (Å²) in [7, 11) is 1.61. The molecule has 2 aromatic carbocycles. The average Bonchev–Trinajstić information content (AvgIpc) is 2.48. The molecule has 0 saturated carbocycles. The van der Waals surface area contributed by atoms with Crippen LogP contribution in [0.15, 0.2) is 55.1 Å². The Bertz CT molecular complexity index is 564. The van der Waals surface area contributed by atoms with Gasteiger partial charge in [-0.1, -0.05) is 36.9 Å². The molecule has 3 nitrogen and oxygen atoms in total. The van der Waals surface area contributed by atoms with Crippen molar-refractivity contribution in [3.05, 3.63) is 60.7 Å². The number of rotatable bonds is 6. The highest BCUT2D eigenvalue weighted by Crippen LogP contribution is 2.29. The molecule has 0 N–H and O–H groups in total. The Morgan fingerprint density at radius 2 is 1.75 bits per heavy atom. The van der Waals surface area contributed by atoms with E-state index in [4.69, 9.17) is 14.2 Å². The van der Waals surface area contributed by atoms with Crippen LogP contribution in [0.3, 0.4) is 0 Å². The fraction of sp³-hybridized carbons (Fsp3) is 0.176. The number of methoxy groups -OCH3 is 1. The maximum absolute atomic E-state index is 5.76. The molecule has 3 heteroatoms. The lowest BCUT2D eigenvalue weighted by atomic mass is 10.2. The number of hydrogen-bond donors (Lipinski definition) is 0. The van der Waals surface area contributed by atoms with Crippen molar-refractivity contribution in [1.82, 2.24) is 0 Å². The minimum Gasteiger partial charge on any atom is -0.493 e. The summed E-state index contributed by atoms with van der Waals surface area (Å²) in [5.41, 5.74) is 0.978. The molecule has 1 unspecified atom stereocenters. The number of benzene rings is 2. The lowest BCUT2D eigenvalue weighted by Crippen LogP contribution is -2.19. The molecule has 0 radical (unpaired) electrons. The van der Waals surface area contributed by atoms with Gasteiger partial charge in [-0.15, -0.1) is 0 Å². The largest absolute Gasteiger partial charge is 0.493 e. The summed E-state index contributed by atoms with van der Waals surface area (Å²) in [5, 5.41) is 0. The van der Waals surface area contributed by atoms with Gasteiger partial charge in [0.05, 0.1) is 7.11 Å². The van der Waals surface area contributed by atoms with E-state index in [1.54, 1.807) is 13.2 Å². The summed E-state index contributed by atoms with van der Waals surface area (Å²) < 4.78 is 16.7. The second-order valence-corrected chi connectivity index (χ2v) is 4.23. The van der Waals surface area contributed by atoms with Gasteiger partial charge in [-0.05, 0) is 29.8 Å². The summed E-state index contributed by atoms with van der Waals surface area (Å²) in [4.78, 5) is 0. The van der Waals surface area contributed by atoms with Crippen LogP contribution in [0, 0.1) is 0 Å². The van der Waals surface area contributed by atoms with E-state index in [0.29, 0.717) is 11.5 Å². The summed E-state index contributed by atoms with van der Waals surface area (Å²) in [5.74, 6) is 2.06. The molecule has 20 heavy (non-hydrogen) atoms. The zero-order chi connectivity index (χ0) is 14.4. The fourth-order valence-corrected chi connectivity index (χ4v) is 1.80. The van der Waals surface area contributed by atoms with Crippen LogP contribution in [-0.4, -0.2) is 13.4 Å². The van der Waals surface area contributed by atoms with Crippen molar-refractivity contribution in [2.24, 2.45) is 0 Å². The quantitative estimate of drug-likeness (QED) is 0.738. The van der Waals surface area contributed by atoms with Crippen LogP contribution in [0.1, 0.15) is 12.5 Å². The average molecular weight is 270 g/mol. The third-order valence-corrected chi connectivity index (χ3v) is 2.76. The summed E-state index contributed by atoms with van der Waals surface area (Å²) >= 11 is 0. The molecule has 2 aromatic rings. The van der Waals surface area contributed by atoms with E-state index in [2.05, 4.69) is 6.58 Å². The molecule has 104 valence electrons. The van der Waals surface area contributed by atoms with Crippen LogP contribution < -0.4 is 14.2 Å². The summed E-state index contributed by atoms with van der Waals surface area (Å²) in [6, 6.07) is 15.2. The van der Waals surface area contributed by atoms with Gasteiger partial charge >= 0.3 is 0 Å². The monoisotopic (exact) mass is 270 g/mol. The van der Waals surface area contributed by atoms with Crippen molar-refractivity contribution in [1.29, 1.82) is 0 Å². The highest BCUT2D eigenvalue weighted by molar-refractivity contribution is 5.54. The standard InChI is InChI=1S/C17H18O3/c1-4-14-10-11-16(17(12-14)18-3)20-13(2)19-15-8-6-5-7-9-15/h4-13H,1H2,2-3H3. The van der Waals surface area contributed by atoms with E-state index in [0.717, 1.165) is 11.3 Å². The summed E-state index contributed by atoms with van der Waals surface area (Å²) in [6.07, 6.45) is 1.34. The molecular weight excluding hydrogens is 252 g/mol. The molecule has 0 amide bonds. The van der Waals surface area contributed by atoms with E-state index < -0.39 is 6.29 Å². The minimum atomic E-state index is -0.416. The van der Waals surface area contributed by atoms with Crippen molar-refractivity contribution < 1.29 is 14.2 Å². The first-order valence-electron chi connectivity index (χ1n) is 6.42. The van der Waals surface area contributed by atoms with Gasteiger partial charge < -0.3 is 14.2 Å². The van der Waals surface area contributed by atoms with E-state index >= 15 is 0 Å². The Morgan fingerprint density at radius 1 is 1.00 bits per heavy atom. The van der Waals surface area contributed by atoms with Gasteiger partial charge in [0, 0.05) is 6.92 Å². The molecule has 0 bridgehead atoms. The van der Waals surface area contributed by atoms with Gasteiger partial charge in [-0.2, -0.15) is 0 Å². The van der Waals surface area contributed by atoms with E-state index in [9.17, 15) is 0 Å².